The minimum absolute atomic E-state index is 0.136. The SMILES string of the molecule is COc1cc(/C=C/C(=O)OCC(=O)c2ccc(NC(C)=O)cc2F)ccc1OCC#N. The summed E-state index contributed by atoms with van der Waals surface area (Å²) in [5.74, 6) is -1.99. The lowest BCUT2D eigenvalue weighted by Crippen LogP contribution is -2.14. The Hall–Kier alpha value is -4.19. The van der Waals surface area contributed by atoms with Gasteiger partial charge < -0.3 is 19.5 Å². The highest BCUT2D eigenvalue weighted by atomic mass is 19.1. The normalized spacial score (nSPS) is 10.3. The molecular formula is C22H19FN2O6. The van der Waals surface area contributed by atoms with Gasteiger partial charge in [0.25, 0.3) is 0 Å². The van der Waals surface area contributed by atoms with Gasteiger partial charge in [0.1, 0.15) is 11.9 Å². The van der Waals surface area contributed by atoms with Gasteiger partial charge in [-0.3, -0.25) is 9.59 Å². The van der Waals surface area contributed by atoms with Crippen molar-refractivity contribution in [3.63, 3.8) is 0 Å². The number of carbonyl (C=O) groups is 3. The number of nitrogens with one attached hydrogen (secondary N) is 1. The van der Waals surface area contributed by atoms with Crippen LogP contribution in [0, 0.1) is 17.1 Å². The topological polar surface area (TPSA) is 115 Å². The van der Waals surface area contributed by atoms with Gasteiger partial charge in [0.2, 0.25) is 11.7 Å². The summed E-state index contributed by atoms with van der Waals surface area (Å²) in [6.07, 6.45) is 2.54. The molecule has 0 atom stereocenters. The largest absolute Gasteiger partial charge is 0.493 e. The Morgan fingerprint density at radius 2 is 1.94 bits per heavy atom. The number of ketones is 1. The van der Waals surface area contributed by atoms with Crippen LogP contribution in [0.3, 0.4) is 0 Å². The van der Waals surface area contributed by atoms with Crippen LogP contribution >= 0.6 is 0 Å². The van der Waals surface area contributed by atoms with Crippen LogP contribution in [0.2, 0.25) is 0 Å². The predicted molar refractivity (Wildman–Crippen MR) is 109 cm³/mol. The Kier molecular flexibility index (Phi) is 8.28. The summed E-state index contributed by atoms with van der Waals surface area (Å²) in [5, 5.41) is 11.0. The van der Waals surface area contributed by atoms with E-state index in [1.54, 1.807) is 18.2 Å². The first-order valence-corrected chi connectivity index (χ1v) is 8.97. The van der Waals surface area contributed by atoms with E-state index in [2.05, 4.69) is 5.32 Å². The van der Waals surface area contributed by atoms with E-state index in [1.165, 1.54) is 32.2 Å². The van der Waals surface area contributed by atoms with Gasteiger partial charge in [-0.25, -0.2) is 9.18 Å². The quantitative estimate of drug-likeness (QED) is 0.372. The van der Waals surface area contributed by atoms with Gasteiger partial charge >= 0.3 is 5.97 Å². The molecule has 2 aromatic carbocycles. The first-order chi connectivity index (χ1) is 14.8. The van der Waals surface area contributed by atoms with Gasteiger partial charge in [0, 0.05) is 18.7 Å². The van der Waals surface area contributed by atoms with Crippen molar-refractivity contribution in [2.75, 3.05) is 25.6 Å². The van der Waals surface area contributed by atoms with Crippen LogP contribution < -0.4 is 14.8 Å². The number of hydrogen-bond donors (Lipinski definition) is 1. The fourth-order valence-electron chi connectivity index (χ4n) is 2.47. The second-order valence-electron chi connectivity index (χ2n) is 6.10. The second kappa shape index (κ2) is 11.1. The lowest BCUT2D eigenvalue weighted by atomic mass is 10.1. The molecule has 1 amide bonds. The number of amides is 1. The number of methoxy groups -OCH3 is 1. The van der Waals surface area contributed by atoms with E-state index in [0.29, 0.717) is 17.1 Å². The molecule has 0 aromatic heterocycles. The first-order valence-electron chi connectivity index (χ1n) is 8.97. The summed E-state index contributed by atoms with van der Waals surface area (Å²) >= 11 is 0. The van der Waals surface area contributed by atoms with E-state index < -0.39 is 24.2 Å². The van der Waals surface area contributed by atoms with Gasteiger partial charge in [0.15, 0.2) is 24.7 Å². The Bertz CT molecular complexity index is 1060. The van der Waals surface area contributed by atoms with Gasteiger partial charge in [-0.1, -0.05) is 6.07 Å². The van der Waals surface area contributed by atoms with E-state index in [0.717, 1.165) is 12.1 Å². The number of nitrogens with zero attached hydrogens (tertiary/aromatic N) is 1. The number of anilines is 1. The number of esters is 1. The smallest absolute Gasteiger partial charge is 0.331 e. The van der Waals surface area contributed by atoms with Gasteiger partial charge in [-0.15, -0.1) is 0 Å². The molecule has 0 radical (unpaired) electrons. The summed E-state index contributed by atoms with van der Waals surface area (Å²) in [5.41, 5.74) is 0.536. The highest BCUT2D eigenvalue weighted by molar-refractivity contribution is 5.99. The highest BCUT2D eigenvalue weighted by Gasteiger charge is 2.14. The lowest BCUT2D eigenvalue weighted by Gasteiger charge is -2.08. The summed E-state index contributed by atoms with van der Waals surface area (Å²) in [4.78, 5) is 35.0. The molecule has 160 valence electrons. The molecule has 0 unspecified atom stereocenters. The van der Waals surface area contributed by atoms with Gasteiger partial charge in [-0.2, -0.15) is 5.26 Å². The van der Waals surface area contributed by atoms with Crippen LogP contribution in [-0.2, 0) is 14.3 Å². The monoisotopic (exact) mass is 426 g/mol. The summed E-state index contributed by atoms with van der Waals surface area (Å²) < 4.78 is 29.3. The average Bonchev–Trinajstić information content (AvgIpc) is 2.74. The van der Waals surface area contributed by atoms with E-state index in [1.807, 2.05) is 6.07 Å². The third-order valence-electron chi connectivity index (χ3n) is 3.83. The second-order valence-corrected chi connectivity index (χ2v) is 6.10. The molecule has 8 nitrogen and oxygen atoms in total. The van der Waals surface area contributed by atoms with E-state index in [-0.39, 0.29) is 23.8 Å². The molecule has 0 aliphatic rings. The fourth-order valence-corrected chi connectivity index (χ4v) is 2.47. The van der Waals surface area contributed by atoms with Crippen LogP contribution in [0.1, 0.15) is 22.8 Å². The lowest BCUT2D eigenvalue weighted by molar-refractivity contribution is -0.136. The zero-order valence-corrected chi connectivity index (χ0v) is 16.8. The fraction of sp³-hybridized carbons (Fsp3) is 0.182. The van der Waals surface area contributed by atoms with Crippen molar-refractivity contribution in [1.82, 2.24) is 0 Å². The maximum absolute atomic E-state index is 14.1. The molecule has 1 N–H and O–H groups in total. The Balaban J connectivity index is 1.95. The van der Waals surface area contributed by atoms with Crippen LogP contribution in [0.4, 0.5) is 10.1 Å². The van der Waals surface area contributed by atoms with Gasteiger partial charge in [0.05, 0.1) is 12.7 Å². The maximum atomic E-state index is 14.1. The molecule has 0 aliphatic heterocycles. The number of Topliss-reactive ketones (excluding diaryl/α,β-unsaturated/α-hetero) is 1. The Morgan fingerprint density at radius 3 is 2.58 bits per heavy atom. The van der Waals surface area contributed by atoms with E-state index >= 15 is 0 Å². The van der Waals surface area contributed by atoms with Crippen molar-refractivity contribution in [2.24, 2.45) is 0 Å². The van der Waals surface area contributed by atoms with Crippen molar-refractivity contribution in [1.29, 1.82) is 5.26 Å². The molecule has 2 rings (SSSR count). The number of hydrogen-bond acceptors (Lipinski definition) is 7. The zero-order chi connectivity index (χ0) is 22.8. The molecule has 31 heavy (non-hydrogen) atoms. The van der Waals surface area contributed by atoms with Crippen LogP contribution in [-0.4, -0.2) is 38.0 Å². The van der Waals surface area contributed by atoms with Crippen molar-refractivity contribution >= 4 is 29.4 Å². The molecule has 0 saturated heterocycles. The molecule has 0 heterocycles. The first kappa shape index (κ1) is 23.1. The number of carbonyl (C=O) groups excluding carboxylic acids is 3. The molecule has 0 aliphatic carbocycles. The summed E-state index contributed by atoms with van der Waals surface area (Å²) in [6.45, 7) is 0.489. The Morgan fingerprint density at radius 1 is 1.16 bits per heavy atom. The zero-order valence-electron chi connectivity index (χ0n) is 16.8. The third-order valence-corrected chi connectivity index (χ3v) is 3.83. The standard InChI is InChI=1S/C22H19FN2O6/c1-14(26)25-16-5-6-17(18(23)12-16)19(27)13-31-22(28)8-4-15-3-7-20(30-10-9-24)21(11-15)29-2/h3-8,11-12H,10,13H2,1-2H3,(H,25,26)/b8-4+. The summed E-state index contributed by atoms with van der Waals surface area (Å²) in [6, 6.07) is 10.2. The average molecular weight is 426 g/mol. The van der Waals surface area contributed by atoms with Crippen LogP contribution in [0.15, 0.2) is 42.5 Å². The molecule has 0 fully saturated rings. The molecular weight excluding hydrogens is 407 g/mol. The van der Waals surface area contributed by atoms with Crippen molar-refractivity contribution < 1.29 is 33.0 Å². The maximum Gasteiger partial charge on any atom is 0.331 e. The third kappa shape index (κ3) is 6.97. The molecule has 0 saturated carbocycles. The number of ether oxygens (including phenoxy) is 3. The van der Waals surface area contributed by atoms with E-state index in [9.17, 15) is 18.8 Å². The number of nitriles is 1. The molecule has 9 heteroatoms. The highest BCUT2D eigenvalue weighted by Crippen LogP contribution is 2.28. The van der Waals surface area contributed by atoms with Gasteiger partial charge in [-0.05, 0) is 42.0 Å². The number of benzene rings is 2. The van der Waals surface area contributed by atoms with E-state index in [4.69, 9.17) is 19.5 Å². The molecule has 2 aromatic rings. The Labute approximate surface area is 177 Å². The number of halogens is 1. The number of rotatable bonds is 9. The minimum atomic E-state index is -0.839. The van der Waals surface area contributed by atoms with Crippen molar-refractivity contribution in [3.05, 3.63) is 59.4 Å². The van der Waals surface area contributed by atoms with Crippen molar-refractivity contribution in [2.45, 2.75) is 6.92 Å². The van der Waals surface area contributed by atoms with Crippen molar-refractivity contribution in [3.8, 4) is 17.6 Å². The summed E-state index contributed by atoms with van der Waals surface area (Å²) in [7, 11) is 1.43. The van der Waals surface area contributed by atoms with Crippen LogP contribution in [0.25, 0.3) is 6.08 Å². The molecule has 0 bridgehead atoms. The molecule has 0 spiro atoms. The predicted octanol–water partition coefficient (Wildman–Crippen LogP) is 3.13. The minimum Gasteiger partial charge on any atom is -0.493 e. The van der Waals surface area contributed by atoms with Crippen LogP contribution in [0.5, 0.6) is 11.5 Å².